The van der Waals surface area contributed by atoms with Crippen molar-refractivity contribution in [3.8, 4) is 0 Å². The van der Waals surface area contributed by atoms with Gasteiger partial charge >= 0.3 is 0 Å². The maximum absolute atomic E-state index is 9.87. The van der Waals surface area contributed by atoms with E-state index in [0.717, 1.165) is 25.9 Å². The summed E-state index contributed by atoms with van der Waals surface area (Å²) in [5, 5.41) is 12.0. The fraction of sp³-hybridized carbons (Fsp3) is 0.692. The number of hydrogen-bond donors (Lipinski definition) is 1. The Morgan fingerprint density at radius 2 is 2.47 bits per heavy atom. The molecule has 1 aliphatic rings. The number of aliphatic hydroxyl groups is 1. The number of hydrogen-bond acceptors (Lipinski definition) is 4. The van der Waals surface area contributed by atoms with E-state index in [1.165, 1.54) is 4.88 Å². The Morgan fingerprint density at radius 3 is 3.18 bits per heavy atom. The van der Waals surface area contributed by atoms with Gasteiger partial charge in [0.05, 0.1) is 12.7 Å². The Kier molecular flexibility index (Phi) is 4.98. The second kappa shape index (κ2) is 6.50. The highest BCUT2D eigenvalue weighted by molar-refractivity contribution is 7.09. The lowest BCUT2D eigenvalue weighted by molar-refractivity contribution is -0.0443. The number of aliphatic hydroxyl groups excluding tert-OH is 1. The third kappa shape index (κ3) is 4.07. The van der Waals surface area contributed by atoms with E-state index in [9.17, 15) is 5.11 Å². The molecule has 2 rings (SSSR count). The van der Waals surface area contributed by atoms with Gasteiger partial charge < -0.3 is 14.7 Å². The molecule has 0 amide bonds. The Labute approximate surface area is 107 Å². The Balaban J connectivity index is 1.71. The van der Waals surface area contributed by atoms with Crippen LogP contribution in [0.5, 0.6) is 0 Å². The van der Waals surface area contributed by atoms with Crippen molar-refractivity contribution in [2.75, 3.05) is 33.4 Å². The topological polar surface area (TPSA) is 32.7 Å². The predicted octanol–water partition coefficient (Wildman–Crippen LogP) is 1.62. The average Bonchev–Trinajstić information content (AvgIpc) is 2.82. The third-order valence-corrected chi connectivity index (χ3v) is 4.24. The molecule has 1 aromatic heterocycles. The molecule has 0 spiro atoms. The summed E-state index contributed by atoms with van der Waals surface area (Å²) in [6.07, 6.45) is 1.69. The zero-order valence-corrected chi connectivity index (χ0v) is 11.2. The molecular formula is C13H21NO2S. The molecule has 3 nitrogen and oxygen atoms in total. The van der Waals surface area contributed by atoms with E-state index < -0.39 is 0 Å². The molecule has 1 aliphatic heterocycles. The molecule has 0 radical (unpaired) electrons. The predicted molar refractivity (Wildman–Crippen MR) is 70.5 cm³/mol. The monoisotopic (exact) mass is 255 g/mol. The van der Waals surface area contributed by atoms with Gasteiger partial charge in [0.1, 0.15) is 0 Å². The first-order valence-corrected chi connectivity index (χ1v) is 7.10. The summed E-state index contributed by atoms with van der Waals surface area (Å²) >= 11 is 1.81. The van der Waals surface area contributed by atoms with Crippen molar-refractivity contribution in [2.45, 2.75) is 18.9 Å². The minimum Gasteiger partial charge on any atom is -0.393 e. The van der Waals surface area contributed by atoms with Gasteiger partial charge in [-0.15, -0.1) is 11.3 Å². The van der Waals surface area contributed by atoms with Crippen molar-refractivity contribution in [2.24, 2.45) is 5.92 Å². The van der Waals surface area contributed by atoms with Crippen LogP contribution in [0.2, 0.25) is 0 Å². The summed E-state index contributed by atoms with van der Waals surface area (Å²) < 4.78 is 5.42. The molecule has 4 heteroatoms. The summed E-state index contributed by atoms with van der Waals surface area (Å²) in [4.78, 5) is 3.72. The lowest BCUT2D eigenvalue weighted by Crippen LogP contribution is -2.40. The summed E-state index contributed by atoms with van der Waals surface area (Å²) in [6, 6.07) is 4.27. The van der Waals surface area contributed by atoms with Gasteiger partial charge in [-0.05, 0) is 31.3 Å². The van der Waals surface area contributed by atoms with Crippen molar-refractivity contribution in [1.82, 2.24) is 4.90 Å². The number of likely N-dealkylation sites (N-methyl/N-ethyl adjacent to an activating group) is 1. The summed E-state index contributed by atoms with van der Waals surface area (Å²) in [5.41, 5.74) is 0. The van der Waals surface area contributed by atoms with E-state index in [-0.39, 0.29) is 12.0 Å². The van der Waals surface area contributed by atoms with Crippen molar-refractivity contribution in [3.63, 3.8) is 0 Å². The highest BCUT2D eigenvalue weighted by Crippen LogP contribution is 2.16. The SMILES string of the molecule is CN(CCc1cccs1)CC1COCCC1O. The molecule has 96 valence electrons. The van der Waals surface area contributed by atoms with Crippen LogP contribution in [-0.4, -0.2) is 49.5 Å². The molecule has 17 heavy (non-hydrogen) atoms. The van der Waals surface area contributed by atoms with Crippen molar-refractivity contribution < 1.29 is 9.84 Å². The van der Waals surface area contributed by atoms with Crippen LogP contribution in [0.1, 0.15) is 11.3 Å². The van der Waals surface area contributed by atoms with Crippen molar-refractivity contribution in [3.05, 3.63) is 22.4 Å². The molecule has 2 unspecified atom stereocenters. The fourth-order valence-electron chi connectivity index (χ4n) is 2.21. The quantitative estimate of drug-likeness (QED) is 0.868. The van der Waals surface area contributed by atoms with Gasteiger partial charge in [-0.25, -0.2) is 0 Å². The molecule has 2 atom stereocenters. The third-order valence-electron chi connectivity index (χ3n) is 3.30. The summed E-state index contributed by atoms with van der Waals surface area (Å²) in [6.45, 7) is 3.37. The molecule has 1 aromatic rings. The largest absolute Gasteiger partial charge is 0.393 e. The number of thiophene rings is 1. The van der Waals surface area contributed by atoms with Gasteiger partial charge in [-0.2, -0.15) is 0 Å². The summed E-state index contributed by atoms with van der Waals surface area (Å²) in [5.74, 6) is 0.275. The smallest absolute Gasteiger partial charge is 0.0624 e. The average molecular weight is 255 g/mol. The van der Waals surface area contributed by atoms with Crippen molar-refractivity contribution >= 4 is 11.3 Å². The molecular weight excluding hydrogens is 234 g/mol. The molecule has 1 N–H and O–H groups in total. The van der Waals surface area contributed by atoms with Gasteiger partial charge in [-0.3, -0.25) is 0 Å². The molecule has 0 bridgehead atoms. The van der Waals surface area contributed by atoms with E-state index in [4.69, 9.17) is 4.74 Å². The first-order valence-electron chi connectivity index (χ1n) is 6.22. The van der Waals surface area contributed by atoms with Crippen LogP contribution in [0.3, 0.4) is 0 Å². The maximum Gasteiger partial charge on any atom is 0.0624 e. The van der Waals surface area contributed by atoms with E-state index in [1.807, 2.05) is 11.3 Å². The van der Waals surface area contributed by atoms with Crippen LogP contribution in [0, 0.1) is 5.92 Å². The first kappa shape index (κ1) is 13.0. The van der Waals surface area contributed by atoms with E-state index >= 15 is 0 Å². The molecule has 1 fully saturated rings. The second-order valence-electron chi connectivity index (χ2n) is 4.78. The second-order valence-corrected chi connectivity index (χ2v) is 5.81. The Bertz CT molecular complexity index is 315. The Morgan fingerprint density at radius 1 is 1.59 bits per heavy atom. The van der Waals surface area contributed by atoms with Crippen LogP contribution in [0.4, 0.5) is 0 Å². The zero-order chi connectivity index (χ0) is 12.1. The van der Waals surface area contributed by atoms with E-state index in [2.05, 4.69) is 29.5 Å². The minimum absolute atomic E-state index is 0.187. The first-order chi connectivity index (χ1) is 8.25. The van der Waals surface area contributed by atoms with Gasteiger partial charge in [0.25, 0.3) is 0 Å². The van der Waals surface area contributed by atoms with Gasteiger partial charge in [0.2, 0.25) is 0 Å². The highest BCUT2D eigenvalue weighted by atomic mass is 32.1. The van der Waals surface area contributed by atoms with Crippen LogP contribution in [0.25, 0.3) is 0 Å². The van der Waals surface area contributed by atoms with Crippen LogP contribution in [-0.2, 0) is 11.2 Å². The standard InChI is InChI=1S/C13H21NO2S/c1-14(6-4-12-3-2-8-17-12)9-11-10-16-7-5-13(11)15/h2-3,8,11,13,15H,4-7,9-10H2,1H3. The summed E-state index contributed by atoms with van der Waals surface area (Å²) in [7, 11) is 2.12. The minimum atomic E-state index is -0.187. The lowest BCUT2D eigenvalue weighted by atomic mass is 9.98. The number of nitrogens with zero attached hydrogens (tertiary/aromatic N) is 1. The van der Waals surface area contributed by atoms with Crippen LogP contribution in [0.15, 0.2) is 17.5 Å². The normalized spacial score (nSPS) is 25.4. The maximum atomic E-state index is 9.87. The number of rotatable bonds is 5. The molecule has 0 aliphatic carbocycles. The Hall–Kier alpha value is -0.420. The molecule has 1 saturated heterocycles. The number of ether oxygens (including phenoxy) is 1. The zero-order valence-electron chi connectivity index (χ0n) is 10.3. The van der Waals surface area contributed by atoms with E-state index in [1.54, 1.807) is 0 Å². The lowest BCUT2D eigenvalue weighted by Gasteiger charge is -2.31. The highest BCUT2D eigenvalue weighted by Gasteiger charge is 2.24. The van der Waals surface area contributed by atoms with Gasteiger partial charge in [-0.1, -0.05) is 6.07 Å². The van der Waals surface area contributed by atoms with E-state index in [0.29, 0.717) is 13.2 Å². The molecule has 2 heterocycles. The van der Waals surface area contributed by atoms with Gasteiger partial charge in [0.15, 0.2) is 0 Å². The van der Waals surface area contributed by atoms with Crippen LogP contribution < -0.4 is 0 Å². The van der Waals surface area contributed by atoms with Gasteiger partial charge in [0, 0.05) is 30.5 Å². The van der Waals surface area contributed by atoms with Crippen LogP contribution >= 0.6 is 11.3 Å². The molecule has 0 saturated carbocycles. The molecule has 0 aromatic carbocycles. The van der Waals surface area contributed by atoms with Crippen molar-refractivity contribution in [1.29, 1.82) is 0 Å². The fourth-order valence-corrected chi connectivity index (χ4v) is 2.91.